The van der Waals surface area contributed by atoms with Crippen molar-refractivity contribution in [3.8, 4) is 0 Å². The van der Waals surface area contributed by atoms with Gasteiger partial charge in [0.15, 0.2) is 0 Å². The normalized spacial score (nSPS) is 27.1. The fourth-order valence-corrected chi connectivity index (χ4v) is 4.27. The number of fused-ring (bicyclic) bond motifs is 2. The molecule has 2 amide bonds. The molecule has 3 aliphatic rings. The number of likely N-dealkylation sites (tertiary alicyclic amines) is 1. The Morgan fingerprint density at radius 3 is 2.84 bits per heavy atom. The van der Waals surface area contributed by atoms with E-state index >= 15 is 0 Å². The van der Waals surface area contributed by atoms with Crippen LogP contribution in [0.3, 0.4) is 0 Å². The molecule has 4 rings (SSSR count). The first-order valence-corrected chi connectivity index (χ1v) is 8.60. The number of alkyl halides is 2. The topological polar surface area (TPSA) is 40.6 Å². The molecule has 132 valence electrons. The molecule has 1 saturated carbocycles. The van der Waals surface area contributed by atoms with E-state index in [1.807, 2.05) is 0 Å². The van der Waals surface area contributed by atoms with Crippen LogP contribution in [0.5, 0.6) is 0 Å². The van der Waals surface area contributed by atoms with E-state index in [4.69, 9.17) is 0 Å². The van der Waals surface area contributed by atoms with Gasteiger partial charge in [0.05, 0.1) is 5.41 Å². The fourth-order valence-electron chi connectivity index (χ4n) is 4.27. The second-order valence-electron chi connectivity index (χ2n) is 7.26. The van der Waals surface area contributed by atoms with Crippen LogP contribution >= 0.6 is 0 Å². The Morgan fingerprint density at radius 2 is 2.16 bits per heavy atom. The maximum atomic E-state index is 13.2. The molecule has 0 unspecified atom stereocenters. The number of halogens is 2. The lowest BCUT2D eigenvalue weighted by Gasteiger charge is -2.29. The summed E-state index contributed by atoms with van der Waals surface area (Å²) in [5, 5.41) is 0. The molecule has 2 atom stereocenters. The summed E-state index contributed by atoms with van der Waals surface area (Å²) in [6.45, 7) is 4.72. The number of amides is 2. The molecular formula is C19H20F2N2O2. The lowest BCUT2D eigenvalue weighted by Crippen LogP contribution is -2.35. The van der Waals surface area contributed by atoms with Gasteiger partial charge in [-0.2, -0.15) is 0 Å². The van der Waals surface area contributed by atoms with Crippen molar-refractivity contribution < 1.29 is 18.4 Å². The molecule has 0 aromatic heterocycles. The zero-order chi connectivity index (χ0) is 17.8. The van der Waals surface area contributed by atoms with Crippen LogP contribution in [-0.4, -0.2) is 42.8 Å². The molecule has 0 N–H and O–H groups in total. The summed E-state index contributed by atoms with van der Waals surface area (Å²) >= 11 is 0. The van der Waals surface area contributed by atoms with Gasteiger partial charge in [0.1, 0.15) is 0 Å². The van der Waals surface area contributed by atoms with Gasteiger partial charge < -0.3 is 9.80 Å². The molecule has 1 aromatic carbocycles. The van der Waals surface area contributed by atoms with Gasteiger partial charge in [-0.15, -0.1) is 0 Å². The smallest absolute Gasteiger partial charge is 0.253 e. The Hall–Kier alpha value is -2.24. The van der Waals surface area contributed by atoms with Crippen LogP contribution in [0.15, 0.2) is 30.9 Å². The highest BCUT2D eigenvalue weighted by Gasteiger charge is 2.66. The molecule has 1 aromatic rings. The minimum atomic E-state index is -2.36. The number of rotatable bonds is 3. The molecule has 25 heavy (non-hydrogen) atoms. The van der Waals surface area contributed by atoms with E-state index in [0.717, 1.165) is 24.1 Å². The number of piperidine rings is 1. The molecule has 2 fully saturated rings. The quantitative estimate of drug-likeness (QED) is 0.790. The fraction of sp³-hybridized carbons (Fsp3) is 0.474. The van der Waals surface area contributed by atoms with Crippen LogP contribution in [0, 0.1) is 11.3 Å². The van der Waals surface area contributed by atoms with E-state index in [1.54, 1.807) is 28.0 Å². The molecular weight excluding hydrogens is 326 g/mol. The van der Waals surface area contributed by atoms with E-state index in [0.29, 0.717) is 25.1 Å². The SMILES string of the molecule is C=CC(=O)N1CCCc2cc(C(=O)N3C[C@@H]4C[C@]4(C(F)F)C3)ccc21. The number of nitrogens with zero attached hydrogens (tertiary/aromatic N) is 2. The average molecular weight is 346 g/mol. The van der Waals surface area contributed by atoms with Gasteiger partial charge in [0.2, 0.25) is 12.3 Å². The predicted octanol–water partition coefficient (Wildman–Crippen LogP) is 2.88. The van der Waals surface area contributed by atoms with E-state index in [2.05, 4.69) is 6.58 Å². The maximum absolute atomic E-state index is 13.2. The highest BCUT2D eigenvalue weighted by Crippen LogP contribution is 2.61. The molecule has 1 saturated heterocycles. The lowest BCUT2D eigenvalue weighted by molar-refractivity contribution is -0.114. The van der Waals surface area contributed by atoms with Gasteiger partial charge in [-0.3, -0.25) is 9.59 Å². The van der Waals surface area contributed by atoms with Gasteiger partial charge in [-0.25, -0.2) is 8.78 Å². The summed E-state index contributed by atoms with van der Waals surface area (Å²) < 4.78 is 26.4. The number of hydrogen-bond acceptors (Lipinski definition) is 2. The van der Waals surface area contributed by atoms with Crippen molar-refractivity contribution in [3.63, 3.8) is 0 Å². The third-order valence-corrected chi connectivity index (χ3v) is 5.81. The van der Waals surface area contributed by atoms with Crippen molar-refractivity contribution in [1.82, 2.24) is 4.90 Å². The first-order valence-electron chi connectivity index (χ1n) is 8.60. The third kappa shape index (κ3) is 2.46. The van der Waals surface area contributed by atoms with Gasteiger partial charge in [-0.05, 0) is 55.0 Å². The Bertz CT molecular complexity index is 764. The van der Waals surface area contributed by atoms with Crippen LogP contribution < -0.4 is 4.90 Å². The van der Waals surface area contributed by atoms with Crippen molar-refractivity contribution >= 4 is 17.5 Å². The number of aryl methyl sites for hydroxylation is 1. The van der Waals surface area contributed by atoms with E-state index in [9.17, 15) is 18.4 Å². The van der Waals surface area contributed by atoms with Gasteiger partial charge >= 0.3 is 0 Å². The zero-order valence-electron chi connectivity index (χ0n) is 13.9. The molecule has 6 heteroatoms. The second-order valence-corrected chi connectivity index (χ2v) is 7.26. The van der Waals surface area contributed by atoms with Crippen LogP contribution in [0.1, 0.15) is 28.8 Å². The Balaban J connectivity index is 1.55. The summed E-state index contributed by atoms with van der Waals surface area (Å²) in [7, 11) is 0. The highest BCUT2D eigenvalue weighted by molar-refractivity contribution is 6.02. The second kappa shape index (κ2) is 5.64. The summed E-state index contributed by atoms with van der Waals surface area (Å²) in [6.07, 6.45) is 1.06. The molecule has 4 nitrogen and oxygen atoms in total. The van der Waals surface area contributed by atoms with Gasteiger partial charge in [0, 0.05) is 30.9 Å². The van der Waals surface area contributed by atoms with Gasteiger partial charge in [0.25, 0.3) is 5.91 Å². The minimum Gasteiger partial charge on any atom is -0.338 e. The van der Waals surface area contributed by atoms with Crippen LogP contribution in [-0.2, 0) is 11.2 Å². The molecule has 0 spiro atoms. The number of carbonyl (C=O) groups excluding carboxylic acids is 2. The van der Waals surface area contributed by atoms with Crippen molar-refractivity contribution in [2.24, 2.45) is 11.3 Å². The summed E-state index contributed by atoms with van der Waals surface area (Å²) in [5.41, 5.74) is 1.30. The maximum Gasteiger partial charge on any atom is 0.253 e. The molecule has 0 bridgehead atoms. The van der Waals surface area contributed by atoms with E-state index in [-0.39, 0.29) is 24.3 Å². The molecule has 0 radical (unpaired) electrons. The third-order valence-electron chi connectivity index (χ3n) is 5.81. The highest BCUT2D eigenvalue weighted by atomic mass is 19.3. The van der Waals surface area contributed by atoms with E-state index < -0.39 is 11.8 Å². The Morgan fingerprint density at radius 1 is 1.36 bits per heavy atom. The Labute approximate surface area is 145 Å². The summed E-state index contributed by atoms with van der Waals surface area (Å²) in [5.74, 6) is -0.407. The Kier molecular flexibility index (Phi) is 3.67. The van der Waals surface area contributed by atoms with Gasteiger partial charge in [-0.1, -0.05) is 6.58 Å². The van der Waals surface area contributed by atoms with Crippen LogP contribution in [0.25, 0.3) is 0 Å². The van der Waals surface area contributed by atoms with Crippen LogP contribution in [0.2, 0.25) is 0 Å². The summed E-state index contributed by atoms with van der Waals surface area (Å²) in [6, 6.07) is 5.27. The summed E-state index contributed by atoms with van der Waals surface area (Å²) in [4.78, 5) is 27.9. The van der Waals surface area contributed by atoms with Crippen LogP contribution in [0.4, 0.5) is 14.5 Å². The number of benzene rings is 1. The van der Waals surface area contributed by atoms with Crippen molar-refractivity contribution in [2.45, 2.75) is 25.7 Å². The molecule has 1 aliphatic carbocycles. The minimum absolute atomic E-state index is 0.0604. The number of carbonyl (C=O) groups is 2. The first kappa shape index (κ1) is 16.2. The number of hydrogen-bond donors (Lipinski definition) is 0. The van der Waals surface area contributed by atoms with Crippen molar-refractivity contribution in [1.29, 1.82) is 0 Å². The first-order chi connectivity index (χ1) is 12.0. The largest absolute Gasteiger partial charge is 0.338 e. The number of anilines is 1. The van der Waals surface area contributed by atoms with Crippen molar-refractivity contribution in [2.75, 3.05) is 24.5 Å². The molecule has 2 heterocycles. The monoisotopic (exact) mass is 346 g/mol. The standard InChI is InChI=1S/C19H20F2N2O2/c1-2-16(24)23-7-3-4-12-8-13(5-6-15(12)23)17(25)22-10-14-9-19(14,11-22)18(20)21/h2,5-6,8,14,18H,1,3-4,7,9-11H2/t14-,19-/m0/s1. The molecule has 2 aliphatic heterocycles. The lowest BCUT2D eigenvalue weighted by atomic mass is 9.98. The van der Waals surface area contributed by atoms with E-state index in [1.165, 1.54) is 6.08 Å². The predicted molar refractivity (Wildman–Crippen MR) is 89.8 cm³/mol. The zero-order valence-corrected chi connectivity index (χ0v) is 13.9. The van der Waals surface area contributed by atoms with Crippen molar-refractivity contribution in [3.05, 3.63) is 42.0 Å². The average Bonchev–Trinajstić information content (AvgIpc) is 3.21.